The maximum atomic E-state index is 11.5. The number of para-hydroxylation sites is 1. The number of rotatable bonds is 3. The lowest BCUT2D eigenvalue weighted by molar-refractivity contribution is -0.115. The van der Waals surface area contributed by atoms with Crippen LogP contribution in [0.4, 0.5) is 0 Å². The topological polar surface area (TPSA) is 37.3 Å². The molecule has 0 spiro atoms. The maximum absolute atomic E-state index is 11.5. The van der Waals surface area contributed by atoms with Crippen LogP contribution in [0.1, 0.15) is 6.17 Å². The van der Waals surface area contributed by atoms with Crippen LogP contribution in [-0.2, 0) is 4.79 Å². The van der Waals surface area contributed by atoms with E-state index in [1.54, 1.807) is 0 Å². The molecular formula is C14H17N3O. The van der Waals surface area contributed by atoms with Gasteiger partial charge in [-0.2, -0.15) is 0 Å². The Balaban J connectivity index is 1.97. The Hall–Kier alpha value is -1.65. The number of carbonyl (C=O) groups is 1. The maximum Gasteiger partial charge on any atom is 0.157 e. The van der Waals surface area contributed by atoms with Crippen molar-refractivity contribution >= 4 is 17.2 Å². The zero-order chi connectivity index (χ0) is 12.4. The van der Waals surface area contributed by atoms with Crippen LogP contribution in [0.2, 0.25) is 0 Å². The van der Waals surface area contributed by atoms with Gasteiger partial charge in [0.05, 0.1) is 0 Å². The summed E-state index contributed by atoms with van der Waals surface area (Å²) in [5.41, 5.74) is 1.12. The Labute approximate surface area is 106 Å². The molecule has 2 aromatic rings. The Bertz CT molecular complexity index is 543. The summed E-state index contributed by atoms with van der Waals surface area (Å²) in [7, 11) is 0. The van der Waals surface area contributed by atoms with E-state index in [9.17, 15) is 4.79 Å². The molecule has 18 heavy (non-hydrogen) atoms. The molecule has 1 aliphatic rings. The molecule has 1 atom stereocenters. The van der Waals surface area contributed by atoms with Gasteiger partial charge in [0.25, 0.3) is 0 Å². The van der Waals surface area contributed by atoms with E-state index in [0.717, 1.165) is 38.0 Å². The first kappa shape index (κ1) is 11.4. The number of nitrogens with one attached hydrogen (secondary N) is 1. The number of hydrogen-bond donors (Lipinski definition) is 1. The normalized spacial score (nSPS) is 18.9. The lowest BCUT2D eigenvalue weighted by Crippen LogP contribution is -2.47. The van der Waals surface area contributed by atoms with E-state index in [4.69, 9.17) is 0 Å². The highest BCUT2D eigenvalue weighted by Crippen LogP contribution is 2.21. The van der Waals surface area contributed by atoms with E-state index in [0.29, 0.717) is 0 Å². The Kier molecular flexibility index (Phi) is 3.13. The first-order valence-corrected chi connectivity index (χ1v) is 6.36. The van der Waals surface area contributed by atoms with E-state index in [-0.39, 0.29) is 6.17 Å². The number of hydrogen-bond acceptors (Lipinski definition) is 3. The molecule has 1 aromatic heterocycles. The van der Waals surface area contributed by atoms with E-state index in [2.05, 4.69) is 33.0 Å². The van der Waals surface area contributed by atoms with E-state index < -0.39 is 0 Å². The van der Waals surface area contributed by atoms with Gasteiger partial charge in [-0.15, -0.1) is 0 Å². The van der Waals surface area contributed by atoms with Gasteiger partial charge in [0.1, 0.15) is 6.17 Å². The van der Waals surface area contributed by atoms with Crippen LogP contribution < -0.4 is 5.32 Å². The molecule has 0 saturated carbocycles. The monoisotopic (exact) mass is 243 g/mol. The first-order valence-electron chi connectivity index (χ1n) is 6.36. The molecule has 2 heterocycles. The van der Waals surface area contributed by atoms with Gasteiger partial charge in [0.15, 0.2) is 6.29 Å². The summed E-state index contributed by atoms with van der Waals surface area (Å²) in [4.78, 5) is 13.7. The van der Waals surface area contributed by atoms with E-state index >= 15 is 0 Å². The fraction of sp³-hybridized carbons (Fsp3) is 0.357. The van der Waals surface area contributed by atoms with Gasteiger partial charge in [-0.25, -0.2) is 0 Å². The average Bonchev–Trinajstić information content (AvgIpc) is 2.85. The molecule has 4 nitrogen and oxygen atoms in total. The number of piperazine rings is 1. The lowest BCUT2D eigenvalue weighted by atomic mass is 10.2. The van der Waals surface area contributed by atoms with Crippen molar-refractivity contribution in [3.05, 3.63) is 36.5 Å². The summed E-state index contributed by atoms with van der Waals surface area (Å²) in [6, 6.07) is 10.2. The van der Waals surface area contributed by atoms with Crippen LogP contribution in [-0.4, -0.2) is 41.9 Å². The molecule has 0 amide bonds. The highest BCUT2D eigenvalue weighted by molar-refractivity contribution is 5.81. The molecule has 0 bridgehead atoms. The standard InChI is InChI=1S/C14H17N3O/c18-11-14(16-9-6-15-7-10-16)17-8-5-12-3-1-2-4-13(12)17/h1-5,8,11,14-15H,6-7,9-10H2. The van der Waals surface area contributed by atoms with Gasteiger partial charge < -0.3 is 9.88 Å². The molecule has 1 aliphatic heterocycles. The molecule has 94 valence electrons. The molecule has 0 radical (unpaired) electrons. The van der Waals surface area contributed by atoms with E-state index in [1.807, 2.05) is 18.3 Å². The third-order valence-electron chi connectivity index (χ3n) is 3.56. The number of carbonyl (C=O) groups excluding carboxylic acids is 1. The number of aldehydes is 1. The number of fused-ring (bicyclic) bond motifs is 1. The largest absolute Gasteiger partial charge is 0.324 e. The second-order valence-corrected chi connectivity index (χ2v) is 4.62. The fourth-order valence-corrected chi connectivity index (χ4v) is 2.61. The van der Waals surface area contributed by atoms with Crippen molar-refractivity contribution in [3.8, 4) is 0 Å². The predicted octanol–water partition coefficient (Wildman–Crippen LogP) is 1.24. The molecule has 1 saturated heterocycles. The van der Waals surface area contributed by atoms with Crippen LogP contribution in [0.5, 0.6) is 0 Å². The highest BCUT2D eigenvalue weighted by atomic mass is 16.1. The Morgan fingerprint density at radius 1 is 1.17 bits per heavy atom. The van der Waals surface area contributed by atoms with Crippen molar-refractivity contribution in [2.45, 2.75) is 6.17 Å². The van der Waals surface area contributed by atoms with Gasteiger partial charge >= 0.3 is 0 Å². The second-order valence-electron chi connectivity index (χ2n) is 4.62. The lowest BCUT2D eigenvalue weighted by Gasteiger charge is -2.32. The summed E-state index contributed by atoms with van der Waals surface area (Å²) in [5.74, 6) is 0. The molecule has 1 aromatic carbocycles. The average molecular weight is 243 g/mol. The number of aromatic nitrogens is 1. The van der Waals surface area contributed by atoms with Crippen LogP contribution in [0.15, 0.2) is 36.5 Å². The first-order chi connectivity index (χ1) is 8.90. The third kappa shape index (κ3) is 1.94. The Morgan fingerprint density at radius 3 is 2.72 bits per heavy atom. The highest BCUT2D eigenvalue weighted by Gasteiger charge is 2.21. The van der Waals surface area contributed by atoms with Gasteiger partial charge in [-0.05, 0) is 17.5 Å². The van der Waals surface area contributed by atoms with Gasteiger partial charge in [-0.1, -0.05) is 18.2 Å². The van der Waals surface area contributed by atoms with Crippen molar-refractivity contribution in [2.24, 2.45) is 0 Å². The SMILES string of the molecule is O=CC(N1CCNCC1)n1ccc2ccccc21. The summed E-state index contributed by atoms with van der Waals surface area (Å²) < 4.78 is 2.06. The van der Waals surface area contributed by atoms with E-state index in [1.165, 1.54) is 5.39 Å². The number of benzene rings is 1. The van der Waals surface area contributed by atoms with Gasteiger partial charge in [-0.3, -0.25) is 9.69 Å². The minimum Gasteiger partial charge on any atom is -0.324 e. The van der Waals surface area contributed by atoms with Crippen LogP contribution in [0.3, 0.4) is 0 Å². The van der Waals surface area contributed by atoms with Crippen molar-refractivity contribution in [1.29, 1.82) is 0 Å². The summed E-state index contributed by atoms with van der Waals surface area (Å²) in [6.07, 6.45) is 2.86. The summed E-state index contributed by atoms with van der Waals surface area (Å²) in [6.45, 7) is 3.72. The van der Waals surface area contributed by atoms with Gasteiger partial charge in [0, 0.05) is 37.9 Å². The van der Waals surface area contributed by atoms with Crippen LogP contribution in [0.25, 0.3) is 10.9 Å². The zero-order valence-electron chi connectivity index (χ0n) is 10.2. The summed E-state index contributed by atoms with van der Waals surface area (Å²) >= 11 is 0. The van der Waals surface area contributed by atoms with Crippen LogP contribution >= 0.6 is 0 Å². The smallest absolute Gasteiger partial charge is 0.157 e. The molecule has 1 unspecified atom stereocenters. The van der Waals surface area contributed by atoms with Crippen molar-refractivity contribution in [3.63, 3.8) is 0 Å². The third-order valence-corrected chi connectivity index (χ3v) is 3.56. The number of nitrogens with zero attached hydrogens (tertiary/aromatic N) is 2. The fourth-order valence-electron chi connectivity index (χ4n) is 2.61. The predicted molar refractivity (Wildman–Crippen MR) is 71.5 cm³/mol. The minimum absolute atomic E-state index is 0.188. The molecule has 0 aliphatic carbocycles. The molecule has 4 heteroatoms. The minimum atomic E-state index is -0.188. The molecule has 1 fully saturated rings. The molecule has 1 N–H and O–H groups in total. The Morgan fingerprint density at radius 2 is 1.94 bits per heavy atom. The van der Waals surface area contributed by atoms with Crippen LogP contribution in [0, 0.1) is 0 Å². The van der Waals surface area contributed by atoms with Crippen molar-refractivity contribution in [1.82, 2.24) is 14.8 Å². The quantitative estimate of drug-likeness (QED) is 0.824. The van der Waals surface area contributed by atoms with Gasteiger partial charge in [0.2, 0.25) is 0 Å². The van der Waals surface area contributed by atoms with Crippen molar-refractivity contribution in [2.75, 3.05) is 26.2 Å². The van der Waals surface area contributed by atoms with Crippen molar-refractivity contribution < 1.29 is 4.79 Å². The molecule has 3 rings (SSSR count). The molecular weight excluding hydrogens is 226 g/mol. The zero-order valence-corrected chi connectivity index (χ0v) is 10.2. The summed E-state index contributed by atoms with van der Waals surface area (Å²) in [5, 5.41) is 4.49. The second kappa shape index (κ2) is 4.92.